The number of aromatic amines is 1. The number of hydrogen-bond acceptors (Lipinski definition) is 4. The number of amides is 1. The maximum atomic E-state index is 11.7. The zero-order valence-corrected chi connectivity index (χ0v) is 12.5. The van der Waals surface area contributed by atoms with Gasteiger partial charge in [0.2, 0.25) is 5.91 Å². The van der Waals surface area contributed by atoms with Gasteiger partial charge in [0.25, 0.3) is 0 Å². The lowest BCUT2D eigenvalue weighted by atomic mass is 10.2. The van der Waals surface area contributed by atoms with E-state index in [0.717, 1.165) is 22.3 Å². The average molecular weight is 293 g/mol. The molecule has 0 radical (unpaired) electrons. The summed E-state index contributed by atoms with van der Waals surface area (Å²) in [6.45, 7) is 2.31. The Morgan fingerprint density at radius 2 is 2.35 bits per heavy atom. The molecule has 0 bridgehead atoms. The number of nitrogens with one attached hydrogen (secondary N) is 2. The van der Waals surface area contributed by atoms with Crippen molar-refractivity contribution in [2.45, 2.75) is 26.0 Å². The van der Waals surface area contributed by atoms with Crippen molar-refractivity contribution in [1.82, 2.24) is 15.3 Å². The van der Waals surface area contributed by atoms with Gasteiger partial charge in [-0.25, -0.2) is 4.98 Å². The smallest absolute Gasteiger partial charge is 0.249 e. The number of rotatable bonds is 6. The van der Waals surface area contributed by atoms with Gasteiger partial charge in [0.15, 0.2) is 0 Å². The number of hydrogen-bond donors (Lipinski definition) is 3. The first kappa shape index (κ1) is 14.9. The molecule has 2 aromatic rings. The highest BCUT2D eigenvalue weighted by atomic mass is 32.2. The maximum Gasteiger partial charge on any atom is 0.249 e. The predicted molar refractivity (Wildman–Crippen MR) is 81.7 cm³/mol. The van der Waals surface area contributed by atoms with E-state index in [9.17, 15) is 9.90 Å². The largest absolute Gasteiger partial charge is 0.383 e. The van der Waals surface area contributed by atoms with E-state index in [4.69, 9.17) is 0 Å². The summed E-state index contributed by atoms with van der Waals surface area (Å²) in [7, 11) is 0. The van der Waals surface area contributed by atoms with Crippen LogP contribution in [-0.4, -0.2) is 39.1 Å². The Hall–Kier alpha value is -1.53. The molecule has 3 N–H and O–H groups in total. The molecule has 0 unspecified atom stereocenters. The lowest BCUT2D eigenvalue weighted by molar-refractivity contribution is -0.129. The minimum atomic E-state index is -0.950. The van der Waals surface area contributed by atoms with Crippen LogP contribution in [0.2, 0.25) is 0 Å². The van der Waals surface area contributed by atoms with Crippen molar-refractivity contribution in [2.75, 3.05) is 12.0 Å². The van der Waals surface area contributed by atoms with Crippen molar-refractivity contribution in [2.24, 2.45) is 0 Å². The van der Waals surface area contributed by atoms with E-state index >= 15 is 0 Å². The summed E-state index contributed by atoms with van der Waals surface area (Å²) in [5.74, 6) is 1.10. The molecule has 1 aromatic carbocycles. The molecule has 1 aromatic heterocycles. The first-order valence-corrected chi connectivity index (χ1v) is 7.89. The molecule has 0 saturated carbocycles. The normalized spacial score (nSPS) is 12.6. The number of aromatic nitrogens is 2. The fourth-order valence-electron chi connectivity index (χ4n) is 1.91. The van der Waals surface area contributed by atoms with Crippen LogP contribution in [0.5, 0.6) is 0 Å². The summed E-state index contributed by atoms with van der Waals surface area (Å²) in [5, 5.41) is 12.3. The number of aliphatic hydroxyl groups is 1. The molecule has 1 amide bonds. The lowest BCUT2D eigenvalue weighted by Crippen LogP contribution is -2.34. The predicted octanol–water partition coefficient (Wildman–Crippen LogP) is 1.60. The number of aryl methyl sites for hydroxylation is 1. The molecule has 0 saturated heterocycles. The van der Waals surface area contributed by atoms with Crippen molar-refractivity contribution in [3.05, 3.63) is 29.6 Å². The SMILES string of the molecule is CSCC[C@H](O)C(=O)NCc1nc2ccc(C)cc2[nH]1. The van der Waals surface area contributed by atoms with E-state index < -0.39 is 6.10 Å². The van der Waals surface area contributed by atoms with Crippen molar-refractivity contribution >= 4 is 28.7 Å². The molecule has 0 aliphatic rings. The Labute approximate surface area is 122 Å². The molecule has 5 nitrogen and oxygen atoms in total. The number of carbonyl (C=O) groups excluding carboxylic acids is 1. The van der Waals surface area contributed by atoms with Crippen molar-refractivity contribution in [3.63, 3.8) is 0 Å². The van der Waals surface area contributed by atoms with E-state index in [0.29, 0.717) is 18.8 Å². The number of nitrogens with zero attached hydrogens (tertiary/aromatic N) is 1. The van der Waals surface area contributed by atoms with Gasteiger partial charge in [-0.3, -0.25) is 4.79 Å². The molecule has 0 fully saturated rings. The summed E-state index contributed by atoms with van der Waals surface area (Å²) in [6.07, 6.45) is 1.46. The van der Waals surface area contributed by atoms with Crippen LogP contribution < -0.4 is 5.32 Å². The second kappa shape index (κ2) is 6.76. The zero-order chi connectivity index (χ0) is 14.5. The number of aliphatic hydroxyl groups excluding tert-OH is 1. The summed E-state index contributed by atoms with van der Waals surface area (Å²) in [4.78, 5) is 19.2. The number of benzene rings is 1. The molecule has 0 spiro atoms. The van der Waals surface area contributed by atoms with Crippen LogP contribution in [0.25, 0.3) is 11.0 Å². The Kier molecular flexibility index (Phi) is 5.03. The van der Waals surface area contributed by atoms with Crippen LogP contribution in [0.3, 0.4) is 0 Å². The minimum absolute atomic E-state index is 0.295. The molecule has 0 aliphatic carbocycles. The van der Waals surface area contributed by atoms with Crippen LogP contribution in [-0.2, 0) is 11.3 Å². The Morgan fingerprint density at radius 3 is 3.10 bits per heavy atom. The highest BCUT2D eigenvalue weighted by Gasteiger charge is 2.14. The van der Waals surface area contributed by atoms with Crippen LogP contribution >= 0.6 is 11.8 Å². The second-order valence-corrected chi connectivity index (χ2v) is 5.70. The van der Waals surface area contributed by atoms with Crippen molar-refractivity contribution < 1.29 is 9.90 Å². The highest BCUT2D eigenvalue weighted by Crippen LogP contribution is 2.13. The average Bonchev–Trinajstić information content (AvgIpc) is 2.83. The maximum absolute atomic E-state index is 11.7. The second-order valence-electron chi connectivity index (χ2n) is 4.72. The molecular formula is C14H19N3O2S. The molecule has 6 heteroatoms. The topological polar surface area (TPSA) is 78.0 Å². The Balaban J connectivity index is 1.93. The molecule has 1 heterocycles. The van der Waals surface area contributed by atoms with Gasteiger partial charge in [-0.05, 0) is 43.0 Å². The van der Waals surface area contributed by atoms with E-state index in [-0.39, 0.29) is 5.91 Å². The molecular weight excluding hydrogens is 274 g/mol. The number of thioether (sulfide) groups is 1. The Bertz CT molecular complexity index is 597. The van der Waals surface area contributed by atoms with E-state index in [2.05, 4.69) is 15.3 Å². The molecule has 0 aliphatic heterocycles. The fourth-order valence-corrected chi connectivity index (χ4v) is 2.37. The third kappa shape index (κ3) is 3.74. The van der Waals surface area contributed by atoms with Gasteiger partial charge in [-0.1, -0.05) is 6.07 Å². The fraction of sp³-hybridized carbons (Fsp3) is 0.429. The number of carbonyl (C=O) groups is 1. The highest BCUT2D eigenvalue weighted by molar-refractivity contribution is 7.98. The van der Waals surface area contributed by atoms with Crippen LogP contribution in [0.15, 0.2) is 18.2 Å². The van der Waals surface area contributed by atoms with Gasteiger partial charge in [-0.2, -0.15) is 11.8 Å². The summed E-state index contributed by atoms with van der Waals surface area (Å²) in [5.41, 5.74) is 2.99. The van der Waals surface area contributed by atoms with Crippen LogP contribution in [0.4, 0.5) is 0 Å². The lowest BCUT2D eigenvalue weighted by Gasteiger charge is -2.09. The third-order valence-electron chi connectivity index (χ3n) is 3.01. The van der Waals surface area contributed by atoms with Crippen LogP contribution in [0.1, 0.15) is 17.8 Å². The Morgan fingerprint density at radius 1 is 1.55 bits per heavy atom. The van der Waals surface area contributed by atoms with Gasteiger partial charge < -0.3 is 15.4 Å². The van der Waals surface area contributed by atoms with Gasteiger partial charge in [0.05, 0.1) is 17.6 Å². The molecule has 1 atom stereocenters. The minimum Gasteiger partial charge on any atom is -0.383 e. The molecule has 20 heavy (non-hydrogen) atoms. The van der Waals surface area contributed by atoms with Gasteiger partial charge in [0.1, 0.15) is 11.9 Å². The third-order valence-corrected chi connectivity index (χ3v) is 3.66. The summed E-state index contributed by atoms with van der Waals surface area (Å²) < 4.78 is 0. The van der Waals surface area contributed by atoms with Gasteiger partial charge >= 0.3 is 0 Å². The summed E-state index contributed by atoms with van der Waals surface area (Å²) in [6, 6.07) is 5.96. The van der Waals surface area contributed by atoms with E-state index in [1.807, 2.05) is 31.4 Å². The number of H-pyrrole nitrogens is 1. The van der Waals surface area contributed by atoms with Crippen molar-refractivity contribution in [3.8, 4) is 0 Å². The monoisotopic (exact) mass is 293 g/mol. The van der Waals surface area contributed by atoms with Gasteiger partial charge in [-0.15, -0.1) is 0 Å². The van der Waals surface area contributed by atoms with Gasteiger partial charge in [0, 0.05) is 0 Å². The van der Waals surface area contributed by atoms with Crippen LogP contribution in [0, 0.1) is 6.92 Å². The van der Waals surface area contributed by atoms with E-state index in [1.54, 1.807) is 11.8 Å². The molecule has 2 rings (SSSR count). The molecule has 108 valence electrons. The number of fused-ring (bicyclic) bond motifs is 1. The standard InChI is InChI=1S/C14H19N3O2S/c1-9-3-4-10-11(7-9)17-13(16-10)8-15-14(19)12(18)5-6-20-2/h3-4,7,12,18H,5-6,8H2,1-2H3,(H,15,19)(H,16,17)/t12-/m0/s1. The summed E-state index contributed by atoms with van der Waals surface area (Å²) >= 11 is 1.61. The van der Waals surface area contributed by atoms with E-state index in [1.165, 1.54) is 0 Å². The van der Waals surface area contributed by atoms with Crippen molar-refractivity contribution in [1.29, 1.82) is 0 Å². The zero-order valence-electron chi connectivity index (χ0n) is 11.6. The first-order chi connectivity index (χ1) is 9.60. The quantitative estimate of drug-likeness (QED) is 0.756. The number of imidazole rings is 1. The first-order valence-electron chi connectivity index (χ1n) is 6.50.